The van der Waals surface area contributed by atoms with E-state index in [1.807, 2.05) is 24.3 Å². The second-order valence-electron chi connectivity index (χ2n) is 7.10. The van der Waals surface area contributed by atoms with Crippen LogP contribution in [0.5, 0.6) is 5.75 Å². The largest absolute Gasteiger partial charge is 0.481 e. The van der Waals surface area contributed by atoms with Crippen LogP contribution in [0.2, 0.25) is 5.02 Å². The van der Waals surface area contributed by atoms with E-state index in [9.17, 15) is 9.59 Å². The van der Waals surface area contributed by atoms with Gasteiger partial charge in [-0.1, -0.05) is 11.6 Å². The molecule has 1 aliphatic rings. The van der Waals surface area contributed by atoms with E-state index in [-0.39, 0.29) is 18.4 Å². The molecule has 0 bridgehead atoms. The van der Waals surface area contributed by atoms with Crippen LogP contribution in [0.4, 0.5) is 11.4 Å². The van der Waals surface area contributed by atoms with E-state index < -0.39 is 6.10 Å². The number of benzene rings is 2. The quantitative estimate of drug-likeness (QED) is 0.729. The lowest BCUT2D eigenvalue weighted by Crippen LogP contribution is -2.42. The molecular weight excluding hydrogens is 406 g/mol. The van der Waals surface area contributed by atoms with E-state index in [4.69, 9.17) is 21.1 Å². The Morgan fingerprint density at radius 3 is 2.40 bits per heavy atom. The molecule has 160 valence electrons. The van der Waals surface area contributed by atoms with Crippen LogP contribution in [0.1, 0.15) is 6.92 Å². The second-order valence-corrected chi connectivity index (χ2v) is 7.54. The predicted octanol–water partition coefficient (Wildman–Crippen LogP) is 3.04. The van der Waals surface area contributed by atoms with Gasteiger partial charge >= 0.3 is 0 Å². The molecule has 0 unspecified atom stereocenters. The number of morpholine rings is 1. The minimum absolute atomic E-state index is 0.0711. The molecule has 1 N–H and O–H groups in total. The van der Waals surface area contributed by atoms with Gasteiger partial charge in [0, 0.05) is 36.5 Å². The number of rotatable bonds is 7. The number of anilines is 2. The van der Waals surface area contributed by atoms with Crippen molar-refractivity contribution in [1.29, 1.82) is 0 Å². The Morgan fingerprint density at radius 2 is 1.77 bits per heavy atom. The van der Waals surface area contributed by atoms with Crippen LogP contribution in [0.3, 0.4) is 0 Å². The van der Waals surface area contributed by atoms with Crippen molar-refractivity contribution in [2.45, 2.75) is 13.0 Å². The summed E-state index contributed by atoms with van der Waals surface area (Å²) in [5.41, 5.74) is 1.78. The zero-order valence-corrected chi connectivity index (χ0v) is 17.9. The number of amides is 2. The Balaban J connectivity index is 1.48. The normalized spacial score (nSPS) is 14.7. The van der Waals surface area contributed by atoms with Gasteiger partial charge in [-0.2, -0.15) is 0 Å². The molecule has 0 aromatic heterocycles. The van der Waals surface area contributed by atoms with Crippen molar-refractivity contribution < 1.29 is 19.1 Å². The molecule has 30 heavy (non-hydrogen) atoms. The highest BCUT2D eigenvalue weighted by Crippen LogP contribution is 2.19. The van der Waals surface area contributed by atoms with E-state index in [2.05, 4.69) is 10.2 Å². The molecule has 1 atom stereocenters. The first-order valence-electron chi connectivity index (χ1n) is 9.82. The third kappa shape index (κ3) is 6.11. The predicted molar refractivity (Wildman–Crippen MR) is 117 cm³/mol. The number of hydrogen-bond acceptors (Lipinski definition) is 5. The molecular formula is C22H26ClN3O4. The number of carbonyl (C=O) groups is 2. The van der Waals surface area contributed by atoms with E-state index >= 15 is 0 Å². The zero-order valence-electron chi connectivity index (χ0n) is 17.1. The Labute approximate surface area is 181 Å². The van der Waals surface area contributed by atoms with Gasteiger partial charge in [0.2, 0.25) is 5.91 Å². The summed E-state index contributed by atoms with van der Waals surface area (Å²) in [6.07, 6.45) is -0.725. The topological polar surface area (TPSA) is 71.1 Å². The summed E-state index contributed by atoms with van der Waals surface area (Å²) in [5, 5.41) is 3.41. The first kappa shape index (κ1) is 21.9. The van der Waals surface area contributed by atoms with Crippen LogP contribution in [0, 0.1) is 0 Å². The van der Waals surface area contributed by atoms with Crippen molar-refractivity contribution in [3.8, 4) is 5.75 Å². The Hall–Kier alpha value is -2.77. The fourth-order valence-corrected chi connectivity index (χ4v) is 3.28. The van der Waals surface area contributed by atoms with E-state index in [1.165, 1.54) is 4.90 Å². The molecule has 0 spiro atoms. The van der Waals surface area contributed by atoms with Gasteiger partial charge in [0.05, 0.1) is 19.8 Å². The summed E-state index contributed by atoms with van der Waals surface area (Å²) in [7, 11) is 1.57. The minimum Gasteiger partial charge on any atom is -0.481 e. The highest BCUT2D eigenvalue weighted by Gasteiger charge is 2.21. The number of nitrogens with zero attached hydrogens (tertiary/aromatic N) is 2. The average molecular weight is 432 g/mol. The molecule has 1 fully saturated rings. The summed E-state index contributed by atoms with van der Waals surface area (Å²) < 4.78 is 11.0. The second kappa shape index (κ2) is 10.3. The molecule has 7 nitrogen and oxygen atoms in total. The van der Waals surface area contributed by atoms with Crippen molar-refractivity contribution in [2.24, 2.45) is 0 Å². The summed E-state index contributed by atoms with van der Waals surface area (Å²) >= 11 is 5.85. The number of ether oxygens (including phenoxy) is 2. The third-order valence-corrected chi connectivity index (χ3v) is 5.01. The molecule has 0 radical (unpaired) electrons. The van der Waals surface area contributed by atoms with Gasteiger partial charge < -0.3 is 24.6 Å². The van der Waals surface area contributed by atoms with Crippen molar-refractivity contribution >= 4 is 34.8 Å². The maximum absolute atomic E-state index is 12.5. The Morgan fingerprint density at radius 1 is 1.13 bits per heavy atom. The number of hydrogen-bond donors (Lipinski definition) is 1. The minimum atomic E-state index is -0.725. The number of carbonyl (C=O) groups excluding carboxylic acids is 2. The smallest absolute Gasteiger partial charge is 0.263 e. The first-order chi connectivity index (χ1) is 14.4. The van der Waals surface area contributed by atoms with E-state index in [0.29, 0.717) is 16.5 Å². The summed E-state index contributed by atoms with van der Waals surface area (Å²) in [4.78, 5) is 28.4. The number of likely N-dealkylation sites (N-methyl/N-ethyl adjacent to an activating group) is 1. The highest BCUT2D eigenvalue weighted by atomic mass is 35.5. The average Bonchev–Trinajstić information content (AvgIpc) is 2.75. The standard InChI is InChI=1S/C22H26ClN3O4/c1-16(30-20-9-3-17(23)4-10-20)22(28)25(2)15-21(27)24-18-5-7-19(8-6-18)26-11-13-29-14-12-26/h3-10,16H,11-15H2,1-2H3,(H,24,27)/t16-/m1/s1. The van der Waals surface area contributed by atoms with Crippen molar-refractivity contribution in [1.82, 2.24) is 4.90 Å². The molecule has 1 heterocycles. The van der Waals surface area contributed by atoms with Gasteiger partial charge in [0.25, 0.3) is 5.91 Å². The van der Waals surface area contributed by atoms with E-state index in [0.717, 1.165) is 32.0 Å². The lowest BCUT2D eigenvalue weighted by atomic mass is 10.2. The SMILES string of the molecule is C[C@@H](Oc1ccc(Cl)cc1)C(=O)N(C)CC(=O)Nc1ccc(N2CCOCC2)cc1. The van der Waals surface area contributed by atoms with Crippen LogP contribution in [0.15, 0.2) is 48.5 Å². The van der Waals surface area contributed by atoms with Crippen LogP contribution in [0.25, 0.3) is 0 Å². The summed E-state index contributed by atoms with van der Waals surface area (Å²) in [6, 6.07) is 14.4. The monoisotopic (exact) mass is 431 g/mol. The van der Waals surface area contributed by atoms with Crippen LogP contribution < -0.4 is 15.0 Å². The van der Waals surface area contributed by atoms with Gasteiger partial charge in [-0.15, -0.1) is 0 Å². The fraction of sp³-hybridized carbons (Fsp3) is 0.364. The molecule has 3 rings (SSSR count). The molecule has 0 saturated carbocycles. The lowest BCUT2D eigenvalue weighted by Gasteiger charge is -2.29. The Bertz CT molecular complexity index is 852. The molecule has 1 aliphatic heterocycles. The number of halogens is 1. The first-order valence-corrected chi connectivity index (χ1v) is 10.2. The lowest BCUT2D eigenvalue weighted by molar-refractivity contribution is -0.139. The maximum Gasteiger partial charge on any atom is 0.263 e. The molecule has 1 saturated heterocycles. The molecule has 2 amide bonds. The van der Waals surface area contributed by atoms with Crippen LogP contribution in [-0.4, -0.2) is 62.7 Å². The Kier molecular flexibility index (Phi) is 7.54. The van der Waals surface area contributed by atoms with Crippen molar-refractivity contribution in [3.05, 3.63) is 53.6 Å². The van der Waals surface area contributed by atoms with Gasteiger partial charge in [-0.3, -0.25) is 9.59 Å². The van der Waals surface area contributed by atoms with Crippen molar-refractivity contribution in [3.63, 3.8) is 0 Å². The van der Waals surface area contributed by atoms with Gasteiger partial charge in [-0.05, 0) is 55.5 Å². The highest BCUT2D eigenvalue weighted by molar-refractivity contribution is 6.30. The van der Waals surface area contributed by atoms with Crippen LogP contribution >= 0.6 is 11.6 Å². The number of nitrogens with one attached hydrogen (secondary N) is 1. The molecule has 2 aromatic carbocycles. The van der Waals surface area contributed by atoms with Gasteiger partial charge in [0.15, 0.2) is 6.10 Å². The maximum atomic E-state index is 12.5. The molecule has 8 heteroatoms. The fourth-order valence-electron chi connectivity index (χ4n) is 3.15. The van der Waals surface area contributed by atoms with Gasteiger partial charge in [-0.25, -0.2) is 0 Å². The van der Waals surface area contributed by atoms with Gasteiger partial charge in [0.1, 0.15) is 5.75 Å². The zero-order chi connectivity index (χ0) is 21.5. The third-order valence-electron chi connectivity index (χ3n) is 4.76. The summed E-state index contributed by atoms with van der Waals surface area (Å²) in [6.45, 7) is 4.73. The summed E-state index contributed by atoms with van der Waals surface area (Å²) in [5.74, 6) is -0.0232. The molecule has 0 aliphatic carbocycles. The van der Waals surface area contributed by atoms with E-state index in [1.54, 1.807) is 38.2 Å². The van der Waals surface area contributed by atoms with Crippen LogP contribution in [-0.2, 0) is 14.3 Å². The molecule has 2 aromatic rings. The van der Waals surface area contributed by atoms with Crippen molar-refractivity contribution in [2.75, 3.05) is 50.1 Å².